The van der Waals surface area contributed by atoms with Crippen LogP contribution < -0.4 is 0 Å². The summed E-state index contributed by atoms with van der Waals surface area (Å²) in [5.41, 5.74) is 1.39. The summed E-state index contributed by atoms with van der Waals surface area (Å²) in [4.78, 5) is 34.4. The van der Waals surface area contributed by atoms with Crippen molar-refractivity contribution in [3.63, 3.8) is 0 Å². The van der Waals surface area contributed by atoms with Gasteiger partial charge in [-0.3, -0.25) is 9.59 Å². The summed E-state index contributed by atoms with van der Waals surface area (Å²) in [5, 5.41) is 7.85. The number of nitrogens with zero attached hydrogens (tertiary/aromatic N) is 5. The first kappa shape index (κ1) is 21.7. The highest BCUT2D eigenvalue weighted by Crippen LogP contribution is 2.27. The van der Waals surface area contributed by atoms with Crippen LogP contribution in [0.4, 0.5) is 0 Å². The van der Waals surface area contributed by atoms with Crippen LogP contribution in [0, 0.1) is 13.8 Å². The number of methoxy groups -OCH3 is 1. The van der Waals surface area contributed by atoms with Crippen molar-refractivity contribution in [1.82, 2.24) is 25.1 Å². The Hall–Kier alpha value is -3.53. The molecule has 2 aromatic heterocycles. The molecule has 3 aromatic rings. The second kappa shape index (κ2) is 9.31. The Balaban J connectivity index is 1.66. The molecule has 1 atom stereocenters. The lowest BCUT2D eigenvalue weighted by molar-refractivity contribution is 0.0588. The molecule has 0 spiro atoms. The highest BCUT2D eigenvalue weighted by molar-refractivity contribution is 5.95. The van der Waals surface area contributed by atoms with E-state index in [1.165, 1.54) is 0 Å². The molecule has 1 aromatic carbocycles. The summed E-state index contributed by atoms with van der Waals surface area (Å²) >= 11 is 0. The molecule has 1 aliphatic rings. The normalized spacial score (nSPS) is 16.8. The van der Waals surface area contributed by atoms with Crippen LogP contribution in [0.3, 0.4) is 0 Å². The molecule has 0 bridgehead atoms. The van der Waals surface area contributed by atoms with E-state index < -0.39 is 6.04 Å². The van der Waals surface area contributed by atoms with Crippen LogP contribution >= 0.6 is 0 Å². The fourth-order valence-electron chi connectivity index (χ4n) is 3.84. The summed E-state index contributed by atoms with van der Waals surface area (Å²) in [7, 11) is 1.55. The number of aromatic nitrogens is 3. The van der Waals surface area contributed by atoms with E-state index >= 15 is 0 Å². The third-order valence-electron chi connectivity index (χ3n) is 5.47. The van der Waals surface area contributed by atoms with Gasteiger partial charge in [0.25, 0.3) is 17.7 Å². The third kappa shape index (κ3) is 4.26. The Morgan fingerprint density at radius 1 is 1.09 bits per heavy atom. The molecule has 1 aliphatic heterocycles. The quantitative estimate of drug-likeness (QED) is 0.596. The van der Waals surface area contributed by atoms with Crippen molar-refractivity contribution in [2.75, 3.05) is 26.7 Å². The third-order valence-corrected chi connectivity index (χ3v) is 5.47. The fraction of sp³-hybridized carbons (Fsp3) is 0.409. The van der Waals surface area contributed by atoms with Crippen LogP contribution in [0.2, 0.25) is 0 Å². The highest BCUT2D eigenvalue weighted by Gasteiger charge is 2.37. The largest absolute Gasteiger partial charge is 0.380 e. The second-order valence-electron chi connectivity index (χ2n) is 7.66. The predicted octanol–water partition coefficient (Wildman–Crippen LogP) is 2.55. The lowest BCUT2D eigenvalue weighted by atomic mass is 10.1. The van der Waals surface area contributed by atoms with E-state index in [1.54, 1.807) is 42.9 Å². The van der Waals surface area contributed by atoms with Crippen molar-refractivity contribution in [3.05, 3.63) is 64.6 Å². The fourth-order valence-corrected chi connectivity index (χ4v) is 3.84. The van der Waals surface area contributed by atoms with Gasteiger partial charge in [0.1, 0.15) is 11.8 Å². The molecule has 10 nitrogen and oxygen atoms in total. The highest BCUT2D eigenvalue weighted by atomic mass is 16.5. The molecular formula is C22H25N5O5. The summed E-state index contributed by atoms with van der Waals surface area (Å²) in [6, 6.07) is 8.43. The molecule has 0 N–H and O–H groups in total. The zero-order valence-electron chi connectivity index (χ0n) is 18.3. The van der Waals surface area contributed by atoms with Crippen molar-refractivity contribution >= 4 is 11.8 Å². The van der Waals surface area contributed by atoms with Gasteiger partial charge in [0.15, 0.2) is 11.5 Å². The minimum absolute atomic E-state index is 0.155. The molecule has 0 saturated carbocycles. The van der Waals surface area contributed by atoms with Gasteiger partial charge in [0.05, 0.1) is 18.7 Å². The zero-order valence-corrected chi connectivity index (χ0v) is 18.3. The molecule has 10 heteroatoms. The van der Waals surface area contributed by atoms with Gasteiger partial charge in [-0.2, -0.15) is 4.98 Å². The molecule has 0 aliphatic carbocycles. The summed E-state index contributed by atoms with van der Waals surface area (Å²) in [6.07, 6.45) is 0.588. The van der Waals surface area contributed by atoms with Crippen LogP contribution in [-0.4, -0.2) is 63.7 Å². The number of hydrogen-bond donors (Lipinski definition) is 0. The van der Waals surface area contributed by atoms with E-state index in [0.29, 0.717) is 48.1 Å². The Morgan fingerprint density at radius 2 is 1.88 bits per heavy atom. The van der Waals surface area contributed by atoms with Gasteiger partial charge in [-0.15, -0.1) is 0 Å². The molecular weight excluding hydrogens is 414 g/mol. The molecule has 1 fully saturated rings. The van der Waals surface area contributed by atoms with Crippen molar-refractivity contribution < 1.29 is 23.4 Å². The molecule has 1 saturated heterocycles. The van der Waals surface area contributed by atoms with E-state index in [-0.39, 0.29) is 30.7 Å². The predicted molar refractivity (Wildman–Crippen MR) is 112 cm³/mol. The number of benzene rings is 1. The smallest absolute Gasteiger partial charge is 0.276 e. The van der Waals surface area contributed by atoms with Gasteiger partial charge in [-0.1, -0.05) is 28.5 Å². The Morgan fingerprint density at radius 3 is 2.56 bits per heavy atom. The molecule has 3 heterocycles. The zero-order chi connectivity index (χ0) is 22.7. The summed E-state index contributed by atoms with van der Waals surface area (Å²) in [5.74, 6) is 0.848. The number of hydrogen-bond acceptors (Lipinski definition) is 8. The standard InChI is InChI=1S/C22H25N5O5/c1-14-17(13-30-3)19(25-31-14)22(29)26-10-7-11-27(21(28)16-8-5-4-6-9-16)18(12-26)20-23-15(2)24-32-20/h4-6,8-9,18H,7,10-13H2,1-3H3. The number of ether oxygens (including phenoxy) is 1. The van der Waals surface area contributed by atoms with E-state index in [4.69, 9.17) is 13.8 Å². The topological polar surface area (TPSA) is 115 Å². The number of amides is 2. The Labute approximate surface area is 185 Å². The molecule has 4 rings (SSSR count). The first-order valence-electron chi connectivity index (χ1n) is 10.4. The Kier molecular flexibility index (Phi) is 6.31. The van der Waals surface area contributed by atoms with Crippen molar-refractivity contribution in [3.8, 4) is 0 Å². The van der Waals surface area contributed by atoms with Gasteiger partial charge in [-0.25, -0.2) is 0 Å². The van der Waals surface area contributed by atoms with Crippen LogP contribution in [0.5, 0.6) is 0 Å². The SMILES string of the molecule is COCc1c(C(=O)N2CCCN(C(=O)c3ccccc3)C(c3nc(C)no3)C2)noc1C. The van der Waals surface area contributed by atoms with Crippen molar-refractivity contribution in [2.45, 2.75) is 32.9 Å². The van der Waals surface area contributed by atoms with Crippen molar-refractivity contribution in [2.24, 2.45) is 0 Å². The van der Waals surface area contributed by atoms with Crippen LogP contribution in [-0.2, 0) is 11.3 Å². The van der Waals surface area contributed by atoms with E-state index in [1.807, 2.05) is 18.2 Å². The lowest BCUT2D eigenvalue weighted by Crippen LogP contribution is -2.40. The monoisotopic (exact) mass is 439 g/mol. The number of carbonyl (C=O) groups excluding carboxylic acids is 2. The van der Waals surface area contributed by atoms with Gasteiger partial charge in [-0.05, 0) is 32.4 Å². The maximum absolute atomic E-state index is 13.4. The van der Waals surface area contributed by atoms with Gasteiger partial charge in [0, 0.05) is 25.8 Å². The average Bonchev–Trinajstić information content (AvgIpc) is 3.32. The number of rotatable bonds is 5. The van der Waals surface area contributed by atoms with Crippen LogP contribution in [0.1, 0.15) is 56.3 Å². The van der Waals surface area contributed by atoms with Crippen LogP contribution in [0.15, 0.2) is 39.4 Å². The molecule has 32 heavy (non-hydrogen) atoms. The molecule has 1 unspecified atom stereocenters. The minimum Gasteiger partial charge on any atom is -0.380 e. The van der Waals surface area contributed by atoms with Crippen molar-refractivity contribution in [1.29, 1.82) is 0 Å². The second-order valence-corrected chi connectivity index (χ2v) is 7.66. The number of carbonyl (C=O) groups is 2. The molecule has 2 amide bonds. The van der Waals surface area contributed by atoms with Gasteiger partial charge in [0.2, 0.25) is 0 Å². The first-order chi connectivity index (χ1) is 15.5. The van der Waals surface area contributed by atoms with E-state index in [9.17, 15) is 9.59 Å². The maximum atomic E-state index is 13.4. The lowest BCUT2D eigenvalue weighted by Gasteiger charge is -2.29. The summed E-state index contributed by atoms with van der Waals surface area (Å²) < 4.78 is 15.9. The van der Waals surface area contributed by atoms with E-state index in [2.05, 4.69) is 15.3 Å². The molecule has 0 radical (unpaired) electrons. The Bertz CT molecular complexity index is 1090. The molecule has 168 valence electrons. The number of aryl methyl sites for hydroxylation is 2. The first-order valence-corrected chi connectivity index (χ1v) is 10.4. The van der Waals surface area contributed by atoms with Gasteiger partial charge < -0.3 is 23.6 Å². The minimum atomic E-state index is -0.589. The summed E-state index contributed by atoms with van der Waals surface area (Å²) in [6.45, 7) is 4.74. The van der Waals surface area contributed by atoms with Gasteiger partial charge >= 0.3 is 0 Å². The van der Waals surface area contributed by atoms with Crippen LogP contribution in [0.25, 0.3) is 0 Å². The maximum Gasteiger partial charge on any atom is 0.276 e. The average molecular weight is 439 g/mol. The van der Waals surface area contributed by atoms with E-state index in [0.717, 1.165) is 0 Å².